The molecule has 1 aliphatic heterocycles. The van der Waals surface area contributed by atoms with Crippen LogP contribution in [0.25, 0.3) is 0 Å². The van der Waals surface area contributed by atoms with Crippen molar-refractivity contribution in [1.29, 1.82) is 0 Å². The van der Waals surface area contributed by atoms with E-state index in [9.17, 15) is 4.79 Å². The lowest BCUT2D eigenvalue weighted by atomic mass is 10.4. The molecule has 0 aliphatic carbocycles. The van der Waals surface area contributed by atoms with Gasteiger partial charge in [0.2, 0.25) is 5.91 Å². The first kappa shape index (κ1) is 7.03. The van der Waals surface area contributed by atoms with Gasteiger partial charge in [0.15, 0.2) is 0 Å². The van der Waals surface area contributed by atoms with Gasteiger partial charge >= 0.3 is 0 Å². The maximum absolute atomic E-state index is 11.2. The normalized spacial score (nSPS) is 15.7. The van der Waals surface area contributed by atoms with E-state index in [1.54, 1.807) is 23.5 Å². The fraction of sp³-hybridized carbons (Fsp3) is 0.111. The van der Waals surface area contributed by atoms with Crippen LogP contribution in [-0.2, 0) is 4.79 Å². The minimum Gasteiger partial charge on any atom is -0.286 e. The number of hydrogen-bond donors (Lipinski definition) is 0. The Kier molecular flexibility index (Phi) is 1.63. The smallest absolute Gasteiger partial charge is 0.234 e. The molecule has 0 atom stereocenters. The summed E-state index contributed by atoms with van der Waals surface area (Å²) in [5.41, 5.74) is 0.830. The SMILES string of the molecule is O=C1CC=CN1c1cccnc1. The van der Waals surface area contributed by atoms with Gasteiger partial charge in [-0.15, -0.1) is 0 Å². The summed E-state index contributed by atoms with van der Waals surface area (Å²) in [5.74, 6) is 0.100. The predicted molar refractivity (Wildman–Crippen MR) is 45.5 cm³/mol. The number of aromatic nitrogens is 1. The Morgan fingerprint density at radius 2 is 2.42 bits per heavy atom. The van der Waals surface area contributed by atoms with Gasteiger partial charge in [-0.25, -0.2) is 0 Å². The molecule has 12 heavy (non-hydrogen) atoms. The minimum absolute atomic E-state index is 0.100. The van der Waals surface area contributed by atoms with Crippen molar-refractivity contribution in [3.05, 3.63) is 36.8 Å². The van der Waals surface area contributed by atoms with E-state index in [-0.39, 0.29) is 5.91 Å². The third-order valence-electron chi connectivity index (χ3n) is 1.74. The van der Waals surface area contributed by atoms with Gasteiger partial charge in [0.1, 0.15) is 0 Å². The van der Waals surface area contributed by atoms with Crippen molar-refractivity contribution in [3.8, 4) is 0 Å². The molecule has 0 unspecified atom stereocenters. The number of carbonyl (C=O) groups excluding carboxylic acids is 1. The third-order valence-corrected chi connectivity index (χ3v) is 1.74. The molecule has 0 bridgehead atoms. The number of nitrogens with zero attached hydrogens (tertiary/aromatic N) is 2. The monoisotopic (exact) mass is 160 g/mol. The summed E-state index contributed by atoms with van der Waals surface area (Å²) in [6.45, 7) is 0. The topological polar surface area (TPSA) is 33.2 Å². The molecule has 0 radical (unpaired) electrons. The summed E-state index contributed by atoms with van der Waals surface area (Å²) < 4.78 is 0. The van der Waals surface area contributed by atoms with Crippen molar-refractivity contribution < 1.29 is 4.79 Å². The van der Waals surface area contributed by atoms with E-state index < -0.39 is 0 Å². The van der Waals surface area contributed by atoms with Crippen LogP contribution < -0.4 is 4.90 Å². The van der Waals surface area contributed by atoms with Crippen molar-refractivity contribution in [2.75, 3.05) is 4.90 Å². The highest BCUT2D eigenvalue weighted by atomic mass is 16.2. The van der Waals surface area contributed by atoms with E-state index in [2.05, 4.69) is 4.98 Å². The second-order valence-corrected chi connectivity index (χ2v) is 2.56. The molecule has 2 rings (SSSR count). The van der Waals surface area contributed by atoms with Crippen molar-refractivity contribution in [2.24, 2.45) is 0 Å². The summed E-state index contributed by atoms with van der Waals surface area (Å²) in [4.78, 5) is 16.8. The van der Waals surface area contributed by atoms with Gasteiger partial charge in [-0.3, -0.25) is 14.7 Å². The summed E-state index contributed by atoms with van der Waals surface area (Å²) in [5, 5.41) is 0. The largest absolute Gasteiger partial charge is 0.286 e. The number of pyridine rings is 1. The Morgan fingerprint density at radius 1 is 1.50 bits per heavy atom. The van der Waals surface area contributed by atoms with Gasteiger partial charge < -0.3 is 0 Å². The van der Waals surface area contributed by atoms with Crippen LogP contribution in [0, 0.1) is 0 Å². The molecule has 0 fully saturated rings. The summed E-state index contributed by atoms with van der Waals surface area (Å²) in [6.07, 6.45) is 7.48. The van der Waals surface area contributed by atoms with E-state index in [0.717, 1.165) is 5.69 Å². The first-order chi connectivity index (χ1) is 5.88. The quantitative estimate of drug-likeness (QED) is 0.621. The predicted octanol–water partition coefficient (Wildman–Crippen LogP) is 1.33. The molecule has 0 aromatic carbocycles. The third kappa shape index (κ3) is 1.09. The van der Waals surface area contributed by atoms with E-state index >= 15 is 0 Å². The van der Waals surface area contributed by atoms with Crippen LogP contribution >= 0.6 is 0 Å². The number of hydrogen-bond acceptors (Lipinski definition) is 2. The van der Waals surface area contributed by atoms with E-state index in [0.29, 0.717) is 6.42 Å². The highest BCUT2D eigenvalue weighted by Crippen LogP contribution is 2.17. The Balaban J connectivity index is 2.31. The number of rotatable bonds is 1. The molecule has 3 nitrogen and oxygen atoms in total. The molecule has 0 saturated carbocycles. The van der Waals surface area contributed by atoms with E-state index in [1.807, 2.05) is 18.2 Å². The Bertz CT molecular complexity index is 319. The fourth-order valence-corrected chi connectivity index (χ4v) is 1.17. The first-order valence-electron chi connectivity index (χ1n) is 3.77. The number of carbonyl (C=O) groups is 1. The molecule has 1 aliphatic rings. The van der Waals surface area contributed by atoms with Crippen LogP contribution in [0.1, 0.15) is 6.42 Å². The van der Waals surface area contributed by atoms with Crippen LogP contribution in [0.2, 0.25) is 0 Å². The molecule has 1 aromatic rings. The highest BCUT2D eigenvalue weighted by Gasteiger charge is 2.15. The number of anilines is 1. The van der Waals surface area contributed by atoms with E-state index in [1.165, 1.54) is 0 Å². The van der Waals surface area contributed by atoms with Crippen LogP contribution in [-0.4, -0.2) is 10.9 Å². The van der Waals surface area contributed by atoms with Gasteiger partial charge in [0.05, 0.1) is 11.9 Å². The lowest BCUT2D eigenvalue weighted by molar-refractivity contribution is -0.116. The summed E-state index contributed by atoms with van der Waals surface area (Å²) in [7, 11) is 0. The van der Waals surface area contributed by atoms with E-state index in [4.69, 9.17) is 0 Å². The zero-order valence-corrected chi connectivity index (χ0v) is 6.47. The Hall–Kier alpha value is -1.64. The van der Waals surface area contributed by atoms with Crippen LogP contribution in [0.3, 0.4) is 0 Å². The van der Waals surface area contributed by atoms with Crippen LogP contribution in [0.5, 0.6) is 0 Å². The van der Waals surface area contributed by atoms with Gasteiger partial charge in [-0.2, -0.15) is 0 Å². The number of amides is 1. The molecular weight excluding hydrogens is 152 g/mol. The molecule has 2 heterocycles. The van der Waals surface area contributed by atoms with Crippen molar-refractivity contribution in [3.63, 3.8) is 0 Å². The Labute approximate surface area is 70.3 Å². The summed E-state index contributed by atoms with van der Waals surface area (Å²) in [6, 6.07) is 3.68. The molecule has 1 aromatic heterocycles. The second kappa shape index (κ2) is 2.77. The zero-order valence-electron chi connectivity index (χ0n) is 6.47. The minimum atomic E-state index is 0.100. The van der Waals surface area contributed by atoms with Crippen LogP contribution in [0.15, 0.2) is 36.8 Å². The zero-order chi connectivity index (χ0) is 8.39. The molecular formula is C9H8N2O. The van der Waals surface area contributed by atoms with Gasteiger partial charge in [0, 0.05) is 18.8 Å². The first-order valence-corrected chi connectivity index (χ1v) is 3.77. The standard InChI is InChI=1S/C9H8N2O/c12-9-4-2-6-11(9)8-3-1-5-10-7-8/h1-3,5-7H,4H2. The average Bonchev–Trinajstić information content (AvgIpc) is 2.53. The average molecular weight is 160 g/mol. The molecule has 0 spiro atoms. The fourth-order valence-electron chi connectivity index (χ4n) is 1.17. The Morgan fingerprint density at radius 3 is 3.00 bits per heavy atom. The lowest BCUT2D eigenvalue weighted by Crippen LogP contribution is -2.19. The second-order valence-electron chi connectivity index (χ2n) is 2.56. The van der Waals surface area contributed by atoms with Gasteiger partial charge in [-0.1, -0.05) is 6.08 Å². The van der Waals surface area contributed by atoms with Crippen molar-refractivity contribution in [2.45, 2.75) is 6.42 Å². The van der Waals surface area contributed by atoms with Gasteiger partial charge in [0.25, 0.3) is 0 Å². The lowest BCUT2D eigenvalue weighted by Gasteiger charge is -2.11. The maximum atomic E-state index is 11.2. The molecule has 3 heteroatoms. The molecule has 0 saturated heterocycles. The molecule has 1 amide bonds. The highest BCUT2D eigenvalue weighted by molar-refractivity contribution is 5.98. The molecule has 0 N–H and O–H groups in total. The van der Waals surface area contributed by atoms with Gasteiger partial charge in [-0.05, 0) is 12.1 Å². The van der Waals surface area contributed by atoms with Crippen molar-refractivity contribution >= 4 is 11.6 Å². The van der Waals surface area contributed by atoms with Crippen molar-refractivity contribution in [1.82, 2.24) is 4.98 Å². The molecule has 60 valence electrons. The maximum Gasteiger partial charge on any atom is 0.234 e. The van der Waals surface area contributed by atoms with Crippen LogP contribution in [0.4, 0.5) is 5.69 Å². The summed E-state index contributed by atoms with van der Waals surface area (Å²) >= 11 is 0.